The van der Waals surface area contributed by atoms with Gasteiger partial charge in [0.15, 0.2) is 0 Å². The quantitative estimate of drug-likeness (QED) is 0.825. The molecule has 0 unspecified atom stereocenters. The first kappa shape index (κ1) is 10.4. The molecule has 2 rings (SSSR count). The number of amides is 2. The minimum absolute atomic E-state index is 0.00417. The fourth-order valence-corrected chi connectivity index (χ4v) is 2.12. The number of hydrogen-bond donors (Lipinski definition) is 1. The minimum Gasteiger partial charge on any atom is -0.378 e. The Bertz CT molecular complexity index is 307. The third kappa shape index (κ3) is 2.94. The molecular weight excluding hydrogens is 212 g/mol. The second kappa shape index (κ2) is 5.14. The summed E-state index contributed by atoms with van der Waals surface area (Å²) in [6.07, 6.45) is 0. The van der Waals surface area contributed by atoms with E-state index in [9.17, 15) is 4.79 Å². The van der Waals surface area contributed by atoms with Gasteiger partial charge < -0.3 is 15.0 Å². The lowest BCUT2D eigenvalue weighted by molar-refractivity contribution is 0.0531. The molecule has 1 fully saturated rings. The van der Waals surface area contributed by atoms with Crippen LogP contribution in [0.4, 0.5) is 4.79 Å². The van der Waals surface area contributed by atoms with E-state index >= 15 is 0 Å². The Labute approximate surface area is 92.8 Å². The van der Waals surface area contributed by atoms with Gasteiger partial charge in [-0.25, -0.2) is 4.79 Å². The summed E-state index contributed by atoms with van der Waals surface area (Å²) in [6.45, 7) is 3.28. The van der Waals surface area contributed by atoms with Crippen molar-refractivity contribution >= 4 is 17.4 Å². The van der Waals surface area contributed by atoms with Gasteiger partial charge in [0.1, 0.15) is 0 Å². The molecule has 1 aromatic rings. The normalized spacial score (nSPS) is 16.4. The number of ether oxygens (including phenoxy) is 1. The maximum Gasteiger partial charge on any atom is 0.317 e. The Morgan fingerprint density at radius 3 is 3.00 bits per heavy atom. The van der Waals surface area contributed by atoms with Crippen molar-refractivity contribution in [2.45, 2.75) is 6.54 Å². The summed E-state index contributed by atoms with van der Waals surface area (Å²) in [5.41, 5.74) is 1.15. The van der Waals surface area contributed by atoms with E-state index in [2.05, 4.69) is 5.32 Å². The molecule has 1 aliphatic rings. The van der Waals surface area contributed by atoms with Crippen LogP contribution in [0.25, 0.3) is 0 Å². The van der Waals surface area contributed by atoms with Crippen LogP contribution in [-0.4, -0.2) is 37.2 Å². The second-order valence-electron chi connectivity index (χ2n) is 3.39. The molecule has 2 heterocycles. The first-order valence-corrected chi connectivity index (χ1v) is 5.92. The van der Waals surface area contributed by atoms with Crippen molar-refractivity contribution in [3.8, 4) is 0 Å². The standard InChI is InChI=1S/C10H14N2O2S/c13-10(12-2-4-14-5-3-12)11-7-9-1-6-15-8-9/h1,6,8H,2-5,7H2,(H,11,13). The maximum atomic E-state index is 11.7. The Morgan fingerprint density at radius 2 is 2.33 bits per heavy atom. The molecule has 4 nitrogen and oxygen atoms in total. The Kier molecular flexibility index (Phi) is 3.58. The average Bonchev–Trinajstić information content (AvgIpc) is 2.80. The lowest BCUT2D eigenvalue weighted by Gasteiger charge is -2.26. The Hall–Kier alpha value is -1.07. The number of carbonyl (C=O) groups is 1. The zero-order valence-corrected chi connectivity index (χ0v) is 9.26. The van der Waals surface area contributed by atoms with Crippen molar-refractivity contribution in [3.05, 3.63) is 22.4 Å². The smallest absolute Gasteiger partial charge is 0.317 e. The molecule has 0 saturated carbocycles. The summed E-state index contributed by atoms with van der Waals surface area (Å²) in [5, 5.41) is 6.94. The molecule has 5 heteroatoms. The number of nitrogens with zero attached hydrogens (tertiary/aromatic N) is 1. The van der Waals surface area contributed by atoms with Crippen LogP contribution in [0, 0.1) is 0 Å². The molecule has 1 aromatic heterocycles. The molecule has 1 N–H and O–H groups in total. The zero-order chi connectivity index (χ0) is 10.5. The van der Waals surface area contributed by atoms with Gasteiger partial charge in [-0.3, -0.25) is 0 Å². The van der Waals surface area contributed by atoms with E-state index in [4.69, 9.17) is 4.74 Å². The van der Waals surface area contributed by atoms with Crippen LogP contribution in [0.5, 0.6) is 0 Å². The number of thiophene rings is 1. The van der Waals surface area contributed by atoms with E-state index < -0.39 is 0 Å². The van der Waals surface area contributed by atoms with Crippen LogP contribution in [0.15, 0.2) is 16.8 Å². The summed E-state index contributed by atoms with van der Waals surface area (Å²) >= 11 is 1.64. The third-order valence-electron chi connectivity index (χ3n) is 2.32. The molecule has 2 amide bonds. The van der Waals surface area contributed by atoms with Gasteiger partial charge in [0.2, 0.25) is 0 Å². The SMILES string of the molecule is O=C(NCc1ccsc1)N1CCOCC1. The molecule has 0 atom stereocenters. The molecule has 1 saturated heterocycles. The first-order valence-electron chi connectivity index (χ1n) is 4.98. The average molecular weight is 226 g/mol. The second-order valence-corrected chi connectivity index (χ2v) is 4.17. The number of hydrogen-bond acceptors (Lipinski definition) is 3. The van der Waals surface area contributed by atoms with E-state index in [0.29, 0.717) is 32.8 Å². The maximum absolute atomic E-state index is 11.7. The Balaban J connectivity index is 1.76. The van der Waals surface area contributed by atoms with E-state index in [1.54, 1.807) is 16.2 Å². The van der Waals surface area contributed by atoms with Gasteiger partial charge in [-0.1, -0.05) is 0 Å². The predicted molar refractivity (Wildman–Crippen MR) is 58.9 cm³/mol. The van der Waals surface area contributed by atoms with Crippen LogP contribution in [-0.2, 0) is 11.3 Å². The summed E-state index contributed by atoms with van der Waals surface area (Å²) in [6, 6.07) is 2.02. The highest BCUT2D eigenvalue weighted by Crippen LogP contribution is 2.05. The lowest BCUT2D eigenvalue weighted by atomic mass is 10.3. The summed E-state index contributed by atoms with van der Waals surface area (Å²) in [5.74, 6) is 0. The summed E-state index contributed by atoms with van der Waals surface area (Å²) < 4.78 is 5.18. The molecule has 0 aliphatic carbocycles. The van der Waals surface area contributed by atoms with Gasteiger partial charge in [-0.05, 0) is 22.4 Å². The van der Waals surface area contributed by atoms with Gasteiger partial charge in [-0.15, -0.1) is 0 Å². The molecule has 1 aliphatic heterocycles. The van der Waals surface area contributed by atoms with Crippen molar-refractivity contribution < 1.29 is 9.53 Å². The fourth-order valence-electron chi connectivity index (χ4n) is 1.45. The van der Waals surface area contributed by atoms with Gasteiger partial charge in [-0.2, -0.15) is 11.3 Å². The van der Waals surface area contributed by atoms with Crippen molar-refractivity contribution in [3.63, 3.8) is 0 Å². The predicted octanol–water partition coefficient (Wildman–Crippen LogP) is 1.29. The number of morpholine rings is 1. The van der Waals surface area contributed by atoms with Gasteiger partial charge >= 0.3 is 6.03 Å². The van der Waals surface area contributed by atoms with E-state index in [0.717, 1.165) is 5.56 Å². The van der Waals surface area contributed by atoms with E-state index in [1.807, 2.05) is 16.8 Å². The molecular formula is C10H14N2O2S. The molecule has 0 spiro atoms. The van der Waals surface area contributed by atoms with Crippen LogP contribution in [0.2, 0.25) is 0 Å². The first-order chi connectivity index (χ1) is 7.36. The van der Waals surface area contributed by atoms with Gasteiger partial charge in [0.05, 0.1) is 13.2 Å². The Morgan fingerprint density at radius 1 is 1.53 bits per heavy atom. The van der Waals surface area contributed by atoms with Crippen LogP contribution < -0.4 is 5.32 Å². The largest absolute Gasteiger partial charge is 0.378 e. The highest BCUT2D eigenvalue weighted by molar-refractivity contribution is 7.07. The van der Waals surface area contributed by atoms with Crippen LogP contribution in [0.1, 0.15) is 5.56 Å². The third-order valence-corrected chi connectivity index (χ3v) is 3.05. The lowest BCUT2D eigenvalue weighted by Crippen LogP contribution is -2.45. The number of nitrogens with one attached hydrogen (secondary N) is 1. The summed E-state index contributed by atoms with van der Waals surface area (Å²) in [4.78, 5) is 13.4. The van der Waals surface area contributed by atoms with Crippen LogP contribution in [0.3, 0.4) is 0 Å². The zero-order valence-electron chi connectivity index (χ0n) is 8.44. The van der Waals surface area contributed by atoms with Gasteiger partial charge in [0.25, 0.3) is 0 Å². The van der Waals surface area contributed by atoms with Gasteiger partial charge in [0, 0.05) is 19.6 Å². The fraction of sp³-hybridized carbons (Fsp3) is 0.500. The van der Waals surface area contributed by atoms with Crippen molar-refractivity contribution in [2.75, 3.05) is 26.3 Å². The number of rotatable bonds is 2. The topological polar surface area (TPSA) is 41.6 Å². The summed E-state index contributed by atoms with van der Waals surface area (Å²) in [7, 11) is 0. The van der Waals surface area contributed by atoms with E-state index in [1.165, 1.54) is 0 Å². The highest BCUT2D eigenvalue weighted by atomic mass is 32.1. The molecule has 15 heavy (non-hydrogen) atoms. The van der Waals surface area contributed by atoms with E-state index in [-0.39, 0.29) is 6.03 Å². The number of urea groups is 1. The highest BCUT2D eigenvalue weighted by Gasteiger charge is 2.15. The monoisotopic (exact) mass is 226 g/mol. The van der Waals surface area contributed by atoms with Crippen molar-refractivity contribution in [2.24, 2.45) is 0 Å². The molecule has 0 aromatic carbocycles. The van der Waals surface area contributed by atoms with Crippen molar-refractivity contribution in [1.82, 2.24) is 10.2 Å². The van der Waals surface area contributed by atoms with Crippen molar-refractivity contribution in [1.29, 1.82) is 0 Å². The number of carbonyl (C=O) groups excluding carboxylic acids is 1. The molecule has 0 bridgehead atoms. The molecule has 0 radical (unpaired) electrons. The minimum atomic E-state index is 0.00417. The van der Waals surface area contributed by atoms with Crippen LogP contribution >= 0.6 is 11.3 Å². The molecule has 82 valence electrons.